The number of ketones is 2. The average molecular weight is 965 g/mol. The number of fused-ring (bicyclic) bond motifs is 2. The Morgan fingerprint density at radius 2 is 0.819 bits per heavy atom. The van der Waals surface area contributed by atoms with E-state index in [9.17, 15) is 28.0 Å². The van der Waals surface area contributed by atoms with Gasteiger partial charge in [0.2, 0.25) is 0 Å². The van der Waals surface area contributed by atoms with Crippen molar-refractivity contribution in [2.45, 2.75) is 77.3 Å². The fourth-order valence-electron chi connectivity index (χ4n) is 12.7. The summed E-state index contributed by atoms with van der Waals surface area (Å²) >= 11 is 0. The Morgan fingerprint density at radius 3 is 1.17 bits per heavy atom. The third-order valence-electron chi connectivity index (χ3n) is 16.2. The fraction of sp³-hybridized carbons (Fsp3) is 0.300. The van der Waals surface area contributed by atoms with E-state index in [4.69, 9.17) is 10.2 Å². The van der Waals surface area contributed by atoms with Crippen LogP contribution in [-0.4, -0.2) is 52.8 Å². The lowest BCUT2D eigenvalue weighted by molar-refractivity contribution is -0.158. The summed E-state index contributed by atoms with van der Waals surface area (Å²) in [4.78, 5) is 57.1. The van der Waals surface area contributed by atoms with Gasteiger partial charge in [0.1, 0.15) is 11.6 Å². The lowest BCUT2D eigenvalue weighted by Crippen LogP contribution is -2.50. The highest BCUT2D eigenvalue weighted by Crippen LogP contribution is 2.63. The third kappa shape index (κ3) is 9.14. The monoisotopic (exact) mass is 964 g/mol. The predicted molar refractivity (Wildman–Crippen MR) is 270 cm³/mol. The van der Waals surface area contributed by atoms with Crippen LogP contribution in [-0.2, 0) is 22.7 Å². The van der Waals surface area contributed by atoms with E-state index in [1.54, 1.807) is 49.1 Å². The van der Waals surface area contributed by atoms with Gasteiger partial charge in [0.05, 0.1) is 22.9 Å². The number of carbonyl (C=O) groups is 4. The molecule has 0 saturated heterocycles. The van der Waals surface area contributed by atoms with Gasteiger partial charge in [0.15, 0.2) is 11.6 Å². The van der Waals surface area contributed by atoms with Gasteiger partial charge in [-0.2, -0.15) is 0 Å². The van der Waals surface area contributed by atoms with Crippen molar-refractivity contribution < 1.29 is 38.2 Å². The number of aliphatic carboxylic acids is 2. The molecule has 364 valence electrons. The van der Waals surface area contributed by atoms with Gasteiger partial charge in [-0.05, 0) is 168 Å². The largest absolute Gasteiger partial charge is 0.481 e. The molecule has 8 aromatic rings. The molecule has 12 rings (SSSR count). The van der Waals surface area contributed by atoms with Crippen molar-refractivity contribution >= 4 is 45.3 Å². The Labute approximate surface area is 415 Å². The minimum atomic E-state index is -0.707. The van der Waals surface area contributed by atoms with Crippen LogP contribution >= 0.6 is 0 Å². The summed E-state index contributed by atoms with van der Waals surface area (Å²) < 4.78 is 33.2. The summed E-state index contributed by atoms with van der Waals surface area (Å²) in [6.07, 6.45) is 18.2. The van der Waals surface area contributed by atoms with Gasteiger partial charge in [0, 0.05) is 85.0 Å². The number of carboxylic acid groups (broad SMARTS) is 2. The van der Waals surface area contributed by atoms with Crippen molar-refractivity contribution in [2.75, 3.05) is 0 Å². The van der Waals surface area contributed by atoms with Crippen molar-refractivity contribution in [3.05, 3.63) is 180 Å². The molecule has 0 unspecified atom stereocenters. The second-order valence-electron chi connectivity index (χ2n) is 21.2. The molecule has 4 saturated carbocycles. The number of nitrogens with zero attached hydrogens (tertiary/aromatic N) is 4. The van der Waals surface area contributed by atoms with Crippen molar-refractivity contribution in [3.8, 4) is 22.3 Å². The molecule has 10 nitrogen and oxygen atoms in total. The van der Waals surface area contributed by atoms with Crippen LogP contribution in [0.5, 0.6) is 0 Å². The Bertz CT molecular complexity index is 3120. The van der Waals surface area contributed by atoms with E-state index in [0.717, 1.165) is 84.7 Å². The first-order valence-electron chi connectivity index (χ1n) is 24.9. The topological polar surface area (TPSA) is 144 Å². The number of carboxylic acids is 2. The second kappa shape index (κ2) is 18.9. The maximum Gasteiger partial charge on any atom is 0.306 e. The van der Waals surface area contributed by atoms with E-state index in [1.807, 2.05) is 45.8 Å². The Hall–Kier alpha value is -7.60. The van der Waals surface area contributed by atoms with E-state index < -0.39 is 11.9 Å². The lowest BCUT2D eigenvalue weighted by Gasteiger charge is -2.56. The molecular weight excluding hydrogens is 911 g/mol. The fourth-order valence-corrected chi connectivity index (χ4v) is 12.7. The maximum atomic E-state index is 14.6. The maximum absolute atomic E-state index is 14.6. The van der Waals surface area contributed by atoms with Gasteiger partial charge in [-0.25, -0.2) is 8.78 Å². The summed E-state index contributed by atoms with van der Waals surface area (Å²) in [5, 5.41) is 19.2. The number of halogens is 2. The molecule has 4 aliphatic rings. The van der Waals surface area contributed by atoms with Crippen LogP contribution in [0, 0.1) is 46.1 Å². The van der Waals surface area contributed by atoms with Gasteiger partial charge in [-0.1, -0.05) is 48.5 Å². The first-order valence-corrected chi connectivity index (χ1v) is 24.9. The highest BCUT2D eigenvalue weighted by Gasteiger charge is 2.56. The van der Waals surface area contributed by atoms with Gasteiger partial charge in [0.25, 0.3) is 0 Å². The Morgan fingerprint density at radius 1 is 0.472 bits per heavy atom. The van der Waals surface area contributed by atoms with Gasteiger partial charge >= 0.3 is 11.9 Å². The minimum absolute atomic E-state index is 0.0296. The van der Waals surface area contributed by atoms with Crippen LogP contribution in [0.4, 0.5) is 8.78 Å². The molecule has 72 heavy (non-hydrogen) atoms. The number of carbonyl (C=O) groups excluding carboxylic acids is 2. The predicted octanol–water partition coefficient (Wildman–Crippen LogP) is 12.7. The van der Waals surface area contributed by atoms with E-state index in [-0.39, 0.29) is 57.7 Å². The van der Waals surface area contributed by atoms with E-state index in [2.05, 4.69) is 58.5 Å². The highest BCUT2D eigenvalue weighted by atomic mass is 19.1. The first-order chi connectivity index (χ1) is 34.8. The normalized spacial score (nSPS) is 22.8. The van der Waals surface area contributed by atoms with E-state index >= 15 is 0 Å². The Balaban J connectivity index is 0.000000156. The molecular formula is C60H54F2N4O6. The van der Waals surface area contributed by atoms with Crippen molar-refractivity contribution in [1.82, 2.24) is 19.1 Å². The first kappa shape index (κ1) is 46.8. The van der Waals surface area contributed by atoms with Crippen LogP contribution in [0.25, 0.3) is 44.1 Å². The standard InChI is InChI=1S/2C30H27FN2O3/c2*31-26-6-5-25(27(34)13-20-14-30(15-20)16-23(17-30)29(35)36)28-24(26)9-12-33(28)18-19-1-3-21(4-2-19)22-7-10-32-11-8-22/h2*1-12,20,23H,13-18H2,(H,35,36). The summed E-state index contributed by atoms with van der Waals surface area (Å²) in [5.74, 6) is -1.91. The number of hydrogen-bond acceptors (Lipinski definition) is 6. The summed E-state index contributed by atoms with van der Waals surface area (Å²) in [5.41, 5.74) is 9.17. The number of rotatable bonds is 14. The summed E-state index contributed by atoms with van der Waals surface area (Å²) in [6, 6.07) is 33.8. The van der Waals surface area contributed by atoms with Crippen LogP contribution < -0.4 is 0 Å². The smallest absolute Gasteiger partial charge is 0.306 e. The van der Waals surface area contributed by atoms with Gasteiger partial charge in [-0.15, -0.1) is 0 Å². The van der Waals surface area contributed by atoms with Crippen molar-refractivity contribution in [1.29, 1.82) is 0 Å². The molecule has 4 heterocycles. The van der Waals surface area contributed by atoms with Gasteiger partial charge < -0.3 is 19.3 Å². The second-order valence-corrected chi connectivity index (χ2v) is 21.2. The molecule has 4 fully saturated rings. The number of Topliss-reactive ketones (excluding diaryl/α,β-unsaturated/α-hetero) is 2. The summed E-state index contributed by atoms with van der Waals surface area (Å²) in [6.45, 7) is 1.07. The van der Waals surface area contributed by atoms with Crippen LogP contribution in [0.15, 0.2) is 146 Å². The highest BCUT2D eigenvalue weighted by molar-refractivity contribution is 6.08. The summed E-state index contributed by atoms with van der Waals surface area (Å²) in [7, 11) is 0. The SMILES string of the molecule is O=C(CC1CC2(C1)CC(C(=O)O)C2)c1ccc(F)c2ccn(Cc3ccc(-c4ccncc4)cc3)c12.O=C(CC1CC2(C1)CC(C(=O)O)C2)c1ccc(F)c2ccn(Cc3ccc(-c4ccncc4)cc3)c12. The number of aromatic nitrogens is 4. The molecule has 0 bridgehead atoms. The molecule has 0 amide bonds. The van der Waals surface area contributed by atoms with Crippen LogP contribution in [0.2, 0.25) is 0 Å². The van der Waals surface area contributed by atoms with Crippen molar-refractivity contribution in [3.63, 3.8) is 0 Å². The van der Waals surface area contributed by atoms with Crippen LogP contribution in [0.1, 0.15) is 96.1 Å². The average Bonchev–Trinajstić information content (AvgIpc) is 3.96. The molecule has 0 radical (unpaired) electrons. The number of benzene rings is 4. The van der Waals surface area contributed by atoms with Gasteiger partial charge in [-0.3, -0.25) is 29.1 Å². The quantitative estimate of drug-likeness (QED) is 0.103. The lowest BCUT2D eigenvalue weighted by atomic mass is 9.47. The molecule has 4 aromatic heterocycles. The molecule has 4 aromatic carbocycles. The number of pyridine rings is 2. The van der Waals surface area contributed by atoms with E-state index in [0.29, 0.717) is 58.9 Å². The molecule has 0 aliphatic heterocycles. The molecule has 12 heteroatoms. The zero-order chi connectivity index (χ0) is 49.7. The molecule has 4 aliphatic carbocycles. The Kier molecular flexibility index (Phi) is 12.3. The minimum Gasteiger partial charge on any atom is -0.481 e. The van der Waals surface area contributed by atoms with Crippen LogP contribution in [0.3, 0.4) is 0 Å². The van der Waals surface area contributed by atoms with Crippen molar-refractivity contribution in [2.24, 2.45) is 34.5 Å². The van der Waals surface area contributed by atoms with E-state index in [1.165, 1.54) is 12.1 Å². The third-order valence-corrected chi connectivity index (χ3v) is 16.2. The zero-order valence-electron chi connectivity index (χ0n) is 39.7. The number of hydrogen-bond donors (Lipinski definition) is 2. The molecule has 2 N–H and O–H groups in total. The zero-order valence-corrected chi connectivity index (χ0v) is 39.7. The molecule has 2 spiro atoms. The molecule has 0 atom stereocenters.